The Labute approximate surface area is 76.6 Å². The zero-order valence-corrected chi connectivity index (χ0v) is 7.67. The molecule has 0 aliphatic rings. The molecule has 0 amide bonds. The van der Waals surface area contributed by atoms with E-state index >= 15 is 0 Å². The molecule has 2 heteroatoms. The van der Waals surface area contributed by atoms with Crippen LogP contribution >= 0.6 is 11.6 Å². The van der Waals surface area contributed by atoms with E-state index in [1.54, 1.807) is 0 Å². The van der Waals surface area contributed by atoms with Crippen LogP contribution in [-0.2, 0) is 12.9 Å². The molecule has 0 unspecified atom stereocenters. The standard InChI is InChI=1S/C10H10ClN/c1-12-6-5-9-8(7-11)3-2-4-10(9)12/h2-6H,7H2,1H3. The Bertz CT molecular complexity index is 403. The minimum absolute atomic E-state index is 0.585. The SMILES string of the molecule is Cn1ccc2c(CCl)cccc21. The van der Waals surface area contributed by atoms with Crippen LogP contribution in [0.15, 0.2) is 30.5 Å². The first-order valence-electron chi connectivity index (χ1n) is 3.92. The first-order valence-corrected chi connectivity index (χ1v) is 4.45. The van der Waals surface area contributed by atoms with Crippen molar-refractivity contribution >= 4 is 22.5 Å². The number of rotatable bonds is 1. The maximum Gasteiger partial charge on any atom is 0.0480 e. The molecule has 1 aromatic carbocycles. The molecule has 2 rings (SSSR count). The highest BCUT2D eigenvalue weighted by Gasteiger charge is 2.00. The number of aryl methyl sites for hydroxylation is 1. The summed E-state index contributed by atoms with van der Waals surface area (Å²) in [6, 6.07) is 8.31. The molecule has 12 heavy (non-hydrogen) atoms. The van der Waals surface area contributed by atoms with Gasteiger partial charge in [-0.3, -0.25) is 0 Å². The molecule has 1 nitrogen and oxygen atoms in total. The maximum atomic E-state index is 5.81. The van der Waals surface area contributed by atoms with E-state index in [0.717, 1.165) is 0 Å². The molecule has 0 saturated heterocycles. The highest BCUT2D eigenvalue weighted by atomic mass is 35.5. The largest absolute Gasteiger partial charge is 0.351 e. The Kier molecular flexibility index (Phi) is 1.81. The van der Waals surface area contributed by atoms with Gasteiger partial charge in [-0.05, 0) is 17.7 Å². The second kappa shape index (κ2) is 2.83. The number of halogens is 1. The quantitative estimate of drug-likeness (QED) is 0.594. The lowest BCUT2D eigenvalue weighted by atomic mass is 10.1. The molecular formula is C10H10ClN. The average Bonchev–Trinajstić information content (AvgIpc) is 2.48. The number of hydrogen-bond donors (Lipinski definition) is 0. The van der Waals surface area contributed by atoms with E-state index in [0.29, 0.717) is 5.88 Å². The van der Waals surface area contributed by atoms with E-state index in [-0.39, 0.29) is 0 Å². The van der Waals surface area contributed by atoms with Crippen LogP contribution in [0.1, 0.15) is 5.56 Å². The minimum Gasteiger partial charge on any atom is -0.351 e. The monoisotopic (exact) mass is 179 g/mol. The smallest absolute Gasteiger partial charge is 0.0480 e. The molecule has 0 bridgehead atoms. The average molecular weight is 180 g/mol. The van der Waals surface area contributed by atoms with Crippen LogP contribution in [0.4, 0.5) is 0 Å². The highest BCUT2D eigenvalue weighted by Crippen LogP contribution is 2.20. The zero-order valence-electron chi connectivity index (χ0n) is 6.92. The number of benzene rings is 1. The summed E-state index contributed by atoms with van der Waals surface area (Å²) in [7, 11) is 2.04. The number of fused-ring (bicyclic) bond motifs is 1. The summed E-state index contributed by atoms with van der Waals surface area (Å²) in [6.45, 7) is 0. The summed E-state index contributed by atoms with van der Waals surface area (Å²) in [5, 5.41) is 1.26. The van der Waals surface area contributed by atoms with E-state index in [4.69, 9.17) is 11.6 Å². The minimum atomic E-state index is 0.585. The van der Waals surface area contributed by atoms with E-state index in [2.05, 4.69) is 29.0 Å². The normalized spacial score (nSPS) is 10.8. The van der Waals surface area contributed by atoms with Crippen LogP contribution in [0.5, 0.6) is 0 Å². The second-order valence-corrected chi connectivity index (χ2v) is 3.18. The summed E-state index contributed by atoms with van der Waals surface area (Å²) in [4.78, 5) is 0. The molecule has 0 radical (unpaired) electrons. The third kappa shape index (κ3) is 1.01. The molecule has 1 aromatic heterocycles. The lowest BCUT2D eigenvalue weighted by molar-refractivity contribution is 0.969. The van der Waals surface area contributed by atoms with Crippen LogP contribution in [0.2, 0.25) is 0 Å². The fraction of sp³-hybridized carbons (Fsp3) is 0.200. The van der Waals surface area contributed by atoms with Crippen molar-refractivity contribution in [3.63, 3.8) is 0 Å². The van der Waals surface area contributed by atoms with Gasteiger partial charge in [-0.2, -0.15) is 0 Å². The van der Waals surface area contributed by atoms with Crippen LogP contribution in [-0.4, -0.2) is 4.57 Å². The van der Waals surface area contributed by atoms with Gasteiger partial charge in [-0.15, -0.1) is 11.6 Å². The summed E-state index contributed by atoms with van der Waals surface area (Å²) in [5.74, 6) is 0.585. The molecule has 1 heterocycles. The van der Waals surface area contributed by atoms with Crippen molar-refractivity contribution in [2.24, 2.45) is 7.05 Å². The van der Waals surface area contributed by atoms with Crippen molar-refractivity contribution in [1.82, 2.24) is 4.57 Å². The second-order valence-electron chi connectivity index (χ2n) is 2.91. The number of nitrogens with zero attached hydrogens (tertiary/aromatic N) is 1. The lowest BCUT2D eigenvalue weighted by Crippen LogP contribution is -1.84. The molecular weight excluding hydrogens is 170 g/mol. The van der Waals surface area contributed by atoms with E-state index < -0.39 is 0 Å². The summed E-state index contributed by atoms with van der Waals surface area (Å²) in [5.41, 5.74) is 2.45. The molecule has 2 aromatic rings. The fourth-order valence-electron chi connectivity index (χ4n) is 1.48. The van der Waals surface area contributed by atoms with Crippen LogP contribution < -0.4 is 0 Å². The number of hydrogen-bond acceptors (Lipinski definition) is 0. The van der Waals surface area contributed by atoms with Gasteiger partial charge in [-0.1, -0.05) is 12.1 Å². The number of alkyl halides is 1. The molecule has 0 N–H and O–H groups in total. The molecule has 0 aliphatic carbocycles. The van der Waals surface area contributed by atoms with Gasteiger partial charge in [0.25, 0.3) is 0 Å². The van der Waals surface area contributed by atoms with E-state index in [1.807, 2.05) is 13.1 Å². The Morgan fingerprint density at radius 1 is 1.33 bits per heavy atom. The van der Waals surface area contributed by atoms with Crippen molar-refractivity contribution in [2.45, 2.75) is 5.88 Å². The molecule has 0 fully saturated rings. The highest BCUT2D eigenvalue weighted by molar-refractivity contribution is 6.18. The predicted molar refractivity (Wildman–Crippen MR) is 52.5 cm³/mol. The topological polar surface area (TPSA) is 4.93 Å². The Hall–Kier alpha value is -0.950. The molecule has 0 aliphatic heterocycles. The van der Waals surface area contributed by atoms with Gasteiger partial charge in [0.05, 0.1) is 0 Å². The van der Waals surface area contributed by atoms with Crippen molar-refractivity contribution in [1.29, 1.82) is 0 Å². The van der Waals surface area contributed by atoms with Gasteiger partial charge in [0, 0.05) is 30.0 Å². The van der Waals surface area contributed by atoms with Crippen molar-refractivity contribution in [3.05, 3.63) is 36.0 Å². The predicted octanol–water partition coefficient (Wildman–Crippen LogP) is 2.92. The third-order valence-corrected chi connectivity index (χ3v) is 2.45. The van der Waals surface area contributed by atoms with Gasteiger partial charge in [-0.25, -0.2) is 0 Å². The molecule has 0 atom stereocenters. The first-order chi connectivity index (χ1) is 5.83. The number of aromatic nitrogens is 1. The van der Waals surface area contributed by atoms with Gasteiger partial charge in [0.1, 0.15) is 0 Å². The molecule has 0 spiro atoms. The van der Waals surface area contributed by atoms with Crippen LogP contribution in [0, 0.1) is 0 Å². The van der Waals surface area contributed by atoms with Gasteiger partial charge in [0.15, 0.2) is 0 Å². The van der Waals surface area contributed by atoms with Crippen molar-refractivity contribution in [2.75, 3.05) is 0 Å². The lowest BCUT2D eigenvalue weighted by Gasteiger charge is -1.99. The summed E-state index contributed by atoms with van der Waals surface area (Å²) >= 11 is 5.81. The molecule has 62 valence electrons. The van der Waals surface area contributed by atoms with E-state index in [9.17, 15) is 0 Å². The van der Waals surface area contributed by atoms with Crippen molar-refractivity contribution in [3.8, 4) is 0 Å². The van der Waals surface area contributed by atoms with Crippen LogP contribution in [0.25, 0.3) is 10.9 Å². The zero-order chi connectivity index (χ0) is 8.55. The Morgan fingerprint density at radius 3 is 2.92 bits per heavy atom. The molecule has 0 saturated carbocycles. The Balaban J connectivity index is 2.81. The Morgan fingerprint density at radius 2 is 2.17 bits per heavy atom. The van der Waals surface area contributed by atoms with Gasteiger partial charge >= 0.3 is 0 Å². The van der Waals surface area contributed by atoms with Gasteiger partial charge < -0.3 is 4.57 Å². The van der Waals surface area contributed by atoms with Crippen molar-refractivity contribution < 1.29 is 0 Å². The summed E-state index contributed by atoms with van der Waals surface area (Å²) in [6.07, 6.45) is 2.06. The third-order valence-electron chi connectivity index (χ3n) is 2.16. The fourth-order valence-corrected chi connectivity index (χ4v) is 1.72. The first kappa shape index (κ1) is 7.69. The van der Waals surface area contributed by atoms with Gasteiger partial charge in [0.2, 0.25) is 0 Å². The van der Waals surface area contributed by atoms with Crippen LogP contribution in [0.3, 0.4) is 0 Å². The van der Waals surface area contributed by atoms with E-state index in [1.165, 1.54) is 16.5 Å². The summed E-state index contributed by atoms with van der Waals surface area (Å²) < 4.78 is 2.10. The maximum absolute atomic E-state index is 5.81.